The number of hydrogen-bond donors (Lipinski definition) is 3. The molecule has 0 aliphatic rings. The van der Waals surface area contributed by atoms with Gasteiger partial charge in [-0.2, -0.15) is 0 Å². The number of benzene rings is 2. The van der Waals surface area contributed by atoms with Gasteiger partial charge in [-0.15, -0.1) is 0 Å². The fraction of sp³-hybridized carbons (Fsp3) is 0.208. The first-order valence-corrected chi connectivity index (χ1v) is 10.2. The zero-order valence-electron chi connectivity index (χ0n) is 17.4. The Hall–Kier alpha value is -3.71. The zero-order chi connectivity index (χ0) is 22.1. The quantitative estimate of drug-likeness (QED) is 0.384. The molecule has 3 amide bonds. The summed E-state index contributed by atoms with van der Waals surface area (Å²) in [7, 11) is 0. The van der Waals surface area contributed by atoms with Crippen LogP contribution in [0.3, 0.4) is 0 Å². The van der Waals surface area contributed by atoms with Crippen LogP contribution in [0.2, 0.25) is 0 Å². The second-order valence-corrected chi connectivity index (χ2v) is 7.03. The smallest absolute Gasteiger partial charge is 0.341 e. The van der Waals surface area contributed by atoms with Crippen LogP contribution in [0, 0.1) is 0 Å². The van der Waals surface area contributed by atoms with Gasteiger partial charge in [0.1, 0.15) is 0 Å². The molecule has 31 heavy (non-hydrogen) atoms. The SMILES string of the molecule is CCc1ccc(-c2ccc(C(=O)NCCN(O)C(=O)NCc3cccnc3)cc2)cc1. The topological polar surface area (TPSA) is 94.6 Å². The van der Waals surface area contributed by atoms with E-state index in [-0.39, 0.29) is 25.5 Å². The van der Waals surface area contributed by atoms with Crippen molar-refractivity contribution in [1.29, 1.82) is 0 Å². The summed E-state index contributed by atoms with van der Waals surface area (Å²) < 4.78 is 0. The van der Waals surface area contributed by atoms with E-state index in [1.165, 1.54) is 5.56 Å². The highest BCUT2D eigenvalue weighted by Crippen LogP contribution is 2.20. The Morgan fingerprint density at radius 1 is 0.935 bits per heavy atom. The Kier molecular flexibility index (Phi) is 7.73. The van der Waals surface area contributed by atoms with Crippen LogP contribution in [-0.2, 0) is 13.0 Å². The number of carbonyl (C=O) groups is 2. The number of rotatable bonds is 8. The largest absolute Gasteiger partial charge is 0.350 e. The molecule has 0 saturated carbocycles. The fourth-order valence-corrected chi connectivity index (χ4v) is 3.00. The Bertz CT molecular complexity index is 990. The standard InChI is InChI=1S/C24H26N4O3/c1-2-18-5-7-20(8-6-18)21-9-11-22(12-10-21)23(29)26-14-15-28(31)24(30)27-17-19-4-3-13-25-16-19/h3-13,16,31H,2,14-15,17H2,1H3,(H,26,29)(H,27,30). The Labute approximate surface area is 181 Å². The summed E-state index contributed by atoms with van der Waals surface area (Å²) in [5.41, 5.74) is 4.74. The van der Waals surface area contributed by atoms with Crippen molar-refractivity contribution in [2.24, 2.45) is 0 Å². The van der Waals surface area contributed by atoms with Gasteiger partial charge in [-0.1, -0.05) is 49.4 Å². The molecule has 0 atom stereocenters. The van der Waals surface area contributed by atoms with Gasteiger partial charge in [0.15, 0.2) is 0 Å². The summed E-state index contributed by atoms with van der Waals surface area (Å²) >= 11 is 0. The Morgan fingerprint density at radius 2 is 1.61 bits per heavy atom. The van der Waals surface area contributed by atoms with Crippen LogP contribution in [0.1, 0.15) is 28.4 Å². The number of pyridine rings is 1. The summed E-state index contributed by atoms with van der Waals surface area (Å²) in [6, 6.07) is 18.6. The second-order valence-electron chi connectivity index (χ2n) is 7.03. The van der Waals surface area contributed by atoms with Crippen LogP contribution in [0.5, 0.6) is 0 Å². The van der Waals surface area contributed by atoms with Crippen molar-refractivity contribution in [2.75, 3.05) is 13.1 Å². The molecule has 160 valence electrons. The van der Waals surface area contributed by atoms with Crippen molar-refractivity contribution in [2.45, 2.75) is 19.9 Å². The summed E-state index contributed by atoms with van der Waals surface area (Å²) in [5, 5.41) is 15.7. The Balaban J connectivity index is 1.44. The van der Waals surface area contributed by atoms with Crippen molar-refractivity contribution in [3.05, 3.63) is 89.7 Å². The average Bonchev–Trinajstić information content (AvgIpc) is 2.83. The van der Waals surface area contributed by atoms with E-state index < -0.39 is 6.03 Å². The van der Waals surface area contributed by atoms with Crippen LogP contribution >= 0.6 is 0 Å². The second kappa shape index (κ2) is 10.9. The van der Waals surface area contributed by atoms with Gasteiger partial charge in [-0.25, -0.2) is 9.86 Å². The van der Waals surface area contributed by atoms with E-state index in [9.17, 15) is 14.8 Å². The van der Waals surface area contributed by atoms with Gasteiger partial charge in [0.05, 0.1) is 6.54 Å². The molecule has 1 heterocycles. The van der Waals surface area contributed by atoms with Crippen LogP contribution in [-0.4, -0.2) is 40.3 Å². The lowest BCUT2D eigenvalue weighted by molar-refractivity contribution is -0.0416. The Morgan fingerprint density at radius 3 is 2.23 bits per heavy atom. The molecule has 3 rings (SSSR count). The molecule has 0 bridgehead atoms. The van der Waals surface area contributed by atoms with Crippen molar-refractivity contribution in [3.8, 4) is 11.1 Å². The molecule has 0 spiro atoms. The monoisotopic (exact) mass is 418 g/mol. The highest BCUT2D eigenvalue weighted by Gasteiger charge is 2.11. The van der Waals surface area contributed by atoms with Gasteiger partial charge in [-0.05, 0) is 46.9 Å². The third-order valence-electron chi connectivity index (χ3n) is 4.85. The normalized spacial score (nSPS) is 10.4. The van der Waals surface area contributed by atoms with E-state index in [2.05, 4.69) is 46.8 Å². The van der Waals surface area contributed by atoms with E-state index in [4.69, 9.17) is 0 Å². The number of nitrogens with zero attached hydrogens (tertiary/aromatic N) is 2. The third-order valence-corrected chi connectivity index (χ3v) is 4.85. The number of urea groups is 1. The molecule has 2 aromatic carbocycles. The first kappa shape index (κ1) is 22.0. The lowest BCUT2D eigenvalue weighted by Crippen LogP contribution is -2.41. The van der Waals surface area contributed by atoms with E-state index >= 15 is 0 Å². The van der Waals surface area contributed by atoms with Crippen molar-refractivity contribution < 1.29 is 14.8 Å². The molecule has 7 heteroatoms. The van der Waals surface area contributed by atoms with Crippen LogP contribution < -0.4 is 10.6 Å². The molecule has 3 aromatic rings. The van der Waals surface area contributed by atoms with Gasteiger partial charge in [-0.3, -0.25) is 15.0 Å². The fourth-order valence-electron chi connectivity index (χ4n) is 3.00. The van der Waals surface area contributed by atoms with E-state index in [1.807, 2.05) is 18.2 Å². The van der Waals surface area contributed by atoms with E-state index in [1.54, 1.807) is 30.6 Å². The predicted octanol–water partition coefficient (Wildman–Crippen LogP) is 3.64. The molecule has 0 fully saturated rings. The minimum Gasteiger partial charge on any atom is -0.350 e. The summed E-state index contributed by atoms with van der Waals surface area (Å²) in [6.07, 6.45) is 4.27. The zero-order valence-corrected chi connectivity index (χ0v) is 17.4. The van der Waals surface area contributed by atoms with Crippen molar-refractivity contribution in [3.63, 3.8) is 0 Å². The molecule has 0 aliphatic heterocycles. The highest BCUT2D eigenvalue weighted by molar-refractivity contribution is 5.94. The lowest BCUT2D eigenvalue weighted by atomic mass is 10.0. The number of carbonyl (C=O) groups excluding carboxylic acids is 2. The summed E-state index contributed by atoms with van der Waals surface area (Å²) in [6.45, 7) is 2.46. The van der Waals surface area contributed by atoms with Gasteiger partial charge in [0.25, 0.3) is 5.91 Å². The molecule has 3 N–H and O–H groups in total. The maximum atomic E-state index is 12.3. The maximum Gasteiger partial charge on any atom is 0.341 e. The molecule has 0 saturated heterocycles. The summed E-state index contributed by atoms with van der Waals surface area (Å²) in [5.74, 6) is -0.267. The van der Waals surface area contributed by atoms with Gasteiger partial charge >= 0.3 is 6.03 Å². The molecule has 7 nitrogen and oxygen atoms in total. The molecule has 0 aliphatic carbocycles. The van der Waals surface area contributed by atoms with Gasteiger partial charge in [0.2, 0.25) is 0 Å². The predicted molar refractivity (Wildman–Crippen MR) is 119 cm³/mol. The average molecular weight is 418 g/mol. The minimum atomic E-state index is -0.642. The highest BCUT2D eigenvalue weighted by atomic mass is 16.5. The van der Waals surface area contributed by atoms with Crippen molar-refractivity contribution in [1.82, 2.24) is 20.7 Å². The first-order chi connectivity index (χ1) is 15.1. The number of nitrogens with one attached hydrogen (secondary N) is 2. The number of hydroxylamine groups is 2. The molecule has 0 unspecified atom stereocenters. The number of hydrogen-bond acceptors (Lipinski definition) is 4. The molecular formula is C24H26N4O3. The van der Waals surface area contributed by atoms with Crippen LogP contribution in [0.4, 0.5) is 4.79 Å². The molecule has 1 aromatic heterocycles. The first-order valence-electron chi connectivity index (χ1n) is 10.2. The van der Waals surface area contributed by atoms with Crippen LogP contribution in [0.15, 0.2) is 73.1 Å². The minimum absolute atomic E-state index is 0.0352. The number of amides is 3. The van der Waals surface area contributed by atoms with E-state index in [0.29, 0.717) is 10.6 Å². The maximum absolute atomic E-state index is 12.3. The van der Waals surface area contributed by atoms with Crippen LogP contribution in [0.25, 0.3) is 11.1 Å². The van der Waals surface area contributed by atoms with Gasteiger partial charge in [0, 0.05) is 31.0 Å². The molecular weight excluding hydrogens is 392 g/mol. The number of aromatic nitrogens is 1. The van der Waals surface area contributed by atoms with E-state index in [0.717, 1.165) is 23.1 Å². The number of aryl methyl sites for hydroxylation is 1. The third kappa shape index (κ3) is 6.38. The van der Waals surface area contributed by atoms with Gasteiger partial charge < -0.3 is 10.6 Å². The lowest BCUT2D eigenvalue weighted by Gasteiger charge is -2.16. The van der Waals surface area contributed by atoms with Crippen molar-refractivity contribution >= 4 is 11.9 Å². The molecule has 0 radical (unpaired) electrons. The summed E-state index contributed by atoms with van der Waals surface area (Å²) in [4.78, 5) is 28.2.